The van der Waals surface area contributed by atoms with Crippen molar-refractivity contribution in [3.63, 3.8) is 0 Å². The fraction of sp³-hybridized carbons (Fsp3) is 0.172. The number of amidine groups is 1. The molecule has 1 N–H and O–H groups in total. The van der Waals surface area contributed by atoms with Gasteiger partial charge in [0.2, 0.25) is 0 Å². The molecule has 0 amide bonds. The van der Waals surface area contributed by atoms with Crippen LogP contribution in [0.4, 0.5) is 5.69 Å². The zero-order chi connectivity index (χ0) is 24.1. The summed E-state index contributed by atoms with van der Waals surface area (Å²) in [6.45, 7) is 11.9. The minimum Gasteiger partial charge on any atom is -0.339 e. The molecule has 0 atom stereocenters. The second kappa shape index (κ2) is 13.9. The second-order valence-electron chi connectivity index (χ2n) is 7.47. The smallest absolute Gasteiger partial charge is 0.152 e. The number of hydrogen-bond acceptors (Lipinski definition) is 2. The Morgan fingerprint density at radius 3 is 2.39 bits per heavy atom. The zero-order valence-corrected chi connectivity index (χ0v) is 20.6. The summed E-state index contributed by atoms with van der Waals surface area (Å²) in [7, 11) is 0. The third-order valence-electron chi connectivity index (χ3n) is 4.64. The van der Waals surface area contributed by atoms with E-state index in [1.165, 1.54) is 11.1 Å². The Balaban J connectivity index is 0.000000405. The molecule has 0 aromatic heterocycles. The zero-order valence-electron chi connectivity index (χ0n) is 19.8. The van der Waals surface area contributed by atoms with Gasteiger partial charge in [-0.2, -0.15) is 0 Å². The standard InChI is InChI=1S/C22H25N3.C7H7Cl/c1-5-11-18(12-6-2)21-17(4)16-20(25-21)22(23-15-7-3)24-19-13-9-8-10-14-19;1-6-3-2-4-7(8)5-6/h5-15H,1,16H2,2-4H3,(H,23,24);2-5H,1H3/b12-6-,15-7-,18-11+;. The number of hydrogen-bond donors (Lipinski definition) is 1. The van der Waals surface area contributed by atoms with Gasteiger partial charge in [0.25, 0.3) is 0 Å². The van der Waals surface area contributed by atoms with Gasteiger partial charge in [0.15, 0.2) is 5.84 Å². The number of aliphatic imine (C=N–C) groups is 2. The van der Waals surface area contributed by atoms with Crippen molar-refractivity contribution in [1.29, 1.82) is 0 Å². The van der Waals surface area contributed by atoms with Crippen LogP contribution in [0.2, 0.25) is 5.02 Å². The molecule has 1 aliphatic heterocycles. The number of rotatable bonds is 6. The van der Waals surface area contributed by atoms with E-state index < -0.39 is 0 Å². The topological polar surface area (TPSA) is 36.8 Å². The van der Waals surface area contributed by atoms with E-state index in [-0.39, 0.29) is 0 Å². The lowest BCUT2D eigenvalue weighted by atomic mass is 10.1. The van der Waals surface area contributed by atoms with Crippen LogP contribution in [-0.4, -0.2) is 11.5 Å². The molecule has 3 rings (SSSR count). The van der Waals surface area contributed by atoms with Crippen LogP contribution < -0.4 is 5.32 Å². The van der Waals surface area contributed by atoms with Gasteiger partial charge in [-0.05, 0) is 68.7 Å². The Kier molecular flexibility index (Phi) is 10.9. The highest BCUT2D eigenvalue weighted by Gasteiger charge is 2.20. The number of anilines is 1. The maximum atomic E-state index is 5.64. The highest BCUT2D eigenvalue weighted by Crippen LogP contribution is 2.27. The predicted octanol–water partition coefficient (Wildman–Crippen LogP) is 8.49. The maximum Gasteiger partial charge on any atom is 0.152 e. The Morgan fingerprint density at radius 1 is 1.06 bits per heavy atom. The second-order valence-corrected chi connectivity index (χ2v) is 7.91. The summed E-state index contributed by atoms with van der Waals surface area (Å²) in [6, 6.07) is 17.8. The number of benzene rings is 2. The lowest BCUT2D eigenvalue weighted by Crippen LogP contribution is -2.22. The van der Waals surface area contributed by atoms with Crippen LogP contribution in [-0.2, 0) is 0 Å². The fourth-order valence-electron chi connectivity index (χ4n) is 3.16. The van der Waals surface area contributed by atoms with Gasteiger partial charge < -0.3 is 5.32 Å². The van der Waals surface area contributed by atoms with Gasteiger partial charge in [-0.3, -0.25) is 0 Å². The molecule has 2 aromatic carbocycles. The molecule has 0 fully saturated rings. The number of nitrogens with zero attached hydrogens (tertiary/aromatic N) is 2. The number of allylic oxidation sites excluding steroid dienone is 6. The number of aryl methyl sites for hydroxylation is 1. The third-order valence-corrected chi connectivity index (χ3v) is 4.88. The summed E-state index contributed by atoms with van der Waals surface area (Å²) in [6.07, 6.45) is 12.3. The highest BCUT2D eigenvalue weighted by atomic mass is 35.5. The number of nitrogens with one attached hydrogen (secondary N) is 1. The first-order valence-corrected chi connectivity index (χ1v) is 11.3. The van der Waals surface area contributed by atoms with Gasteiger partial charge >= 0.3 is 0 Å². The van der Waals surface area contributed by atoms with E-state index in [2.05, 4.69) is 29.9 Å². The van der Waals surface area contributed by atoms with Crippen molar-refractivity contribution < 1.29 is 0 Å². The van der Waals surface area contributed by atoms with Gasteiger partial charge in [-0.25, -0.2) is 9.98 Å². The van der Waals surface area contributed by atoms with Gasteiger partial charge in [0.1, 0.15) is 0 Å². The van der Waals surface area contributed by atoms with E-state index >= 15 is 0 Å². The highest BCUT2D eigenvalue weighted by molar-refractivity contribution is 6.46. The molecule has 0 unspecified atom stereocenters. The molecule has 0 radical (unpaired) electrons. The first-order valence-electron chi connectivity index (χ1n) is 10.9. The van der Waals surface area contributed by atoms with E-state index in [4.69, 9.17) is 16.6 Å². The van der Waals surface area contributed by atoms with Gasteiger partial charge in [0, 0.05) is 23.3 Å². The minimum atomic E-state index is 0.775. The van der Waals surface area contributed by atoms with Crippen molar-refractivity contribution in [2.24, 2.45) is 9.98 Å². The molecular weight excluding hydrogens is 426 g/mol. The Bertz CT molecular complexity index is 1100. The van der Waals surface area contributed by atoms with E-state index in [0.717, 1.165) is 39.9 Å². The summed E-state index contributed by atoms with van der Waals surface area (Å²) in [5.74, 6) is 0.775. The lowest BCUT2D eigenvalue weighted by Gasteiger charge is -2.09. The Labute approximate surface area is 203 Å². The molecule has 1 heterocycles. The first kappa shape index (κ1) is 25.8. The summed E-state index contributed by atoms with van der Waals surface area (Å²) in [4.78, 5) is 9.41. The average Bonchev–Trinajstić information content (AvgIpc) is 3.19. The molecule has 3 nitrogen and oxygen atoms in total. The van der Waals surface area contributed by atoms with Gasteiger partial charge in [-0.1, -0.05) is 78.9 Å². The quantitative estimate of drug-likeness (QED) is 0.263. The number of halogens is 1. The summed E-state index contributed by atoms with van der Waals surface area (Å²) < 4.78 is 0. The molecule has 0 saturated carbocycles. The molecule has 4 heteroatoms. The van der Waals surface area contributed by atoms with Crippen molar-refractivity contribution in [2.75, 3.05) is 5.32 Å². The Hall–Kier alpha value is -3.43. The van der Waals surface area contributed by atoms with Crippen LogP contribution in [0.15, 0.2) is 125 Å². The van der Waals surface area contributed by atoms with Crippen LogP contribution in [0.25, 0.3) is 0 Å². The predicted molar refractivity (Wildman–Crippen MR) is 146 cm³/mol. The molecule has 0 spiro atoms. The molecule has 2 aromatic rings. The van der Waals surface area contributed by atoms with Gasteiger partial charge in [-0.15, -0.1) is 0 Å². The maximum absolute atomic E-state index is 5.64. The first-order chi connectivity index (χ1) is 16.0. The fourth-order valence-corrected chi connectivity index (χ4v) is 3.41. The molecule has 0 aliphatic carbocycles. The van der Waals surface area contributed by atoms with Crippen molar-refractivity contribution >= 4 is 28.8 Å². The Morgan fingerprint density at radius 2 is 1.82 bits per heavy atom. The molecule has 0 bridgehead atoms. The van der Waals surface area contributed by atoms with Crippen LogP contribution in [0.1, 0.15) is 32.8 Å². The molecule has 170 valence electrons. The third kappa shape index (κ3) is 8.55. The van der Waals surface area contributed by atoms with Crippen LogP contribution in [0.5, 0.6) is 0 Å². The van der Waals surface area contributed by atoms with Crippen molar-refractivity contribution in [1.82, 2.24) is 0 Å². The van der Waals surface area contributed by atoms with E-state index in [9.17, 15) is 0 Å². The normalized spacial score (nSPS) is 14.4. The number of para-hydroxylation sites is 1. The summed E-state index contributed by atoms with van der Waals surface area (Å²) >= 11 is 5.64. The minimum absolute atomic E-state index is 0.775. The summed E-state index contributed by atoms with van der Waals surface area (Å²) in [5.41, 5.74) is 6.43. The van der Waals surface area contributed by atoms with E-state index in [1.54, 1.807) is 12.3 Å². The summed E-state index contributed by atoms with van der Waals surface area (Å²) in [5, 5.41) is 4.19. The van der Waals surface area contributed by atoms with Crippen molar-refractivity contribution in [2.45, 2.75) is 34.1 Å². The van der Waals surface area contributed by atoms with Crippen LogP contribution in [0.3, 0.4) is 0 Å². The molecule has 1 aliphatic rings. The van der Waals surface area contributed by atoms with Crippen LogP contribution in [0, 0.1) is 6.92 Å². The van der Waals surface area contributed by atoms with Crippen LogP contribution >= 0.6 is 11.6 Å². The molecule has 33 heavy (non-hydrogen) atoms. The average molecular weight is 458 g/mol. The molecular formula is C29H32ClN3. The van der Waals surface area contributed by atoms with Gasteiger partial charge in [0.05, 0.1) is 11.4 Å². The monoisotopic (exact) mass is 457 g/mol. The molecule has 0 saturated heterocycles. The lowest BCUT2D eigenvalue weighted by molar-refractivity contribution is 1.24. The van der Waals surface area contributed by atoms with Crippen molar-refractivity contribution in [3.8, 4) is 0 Å². The van der Waals surface area contributed by atoms with Crippen molar-refractivity contribution in [3.05, 3.63) is 125 Å². The van der Waals surface area contributed by atoms with E-state index in [1.807, 2.05) is 93.6 Å². The SMILES string of the molecule is C=C/C=C(\C=C/C)C1=C(C)CC(C(=N/C=C\C)Nc2ccccc2)=N1.Cc1cccc(Cl)c1. The van der Waals surface area contributed by atoms with E-state index in [0.29, 0.717) is 0 Å². The largest absolute Gasteiger partial charge is 0.339 e.